The predicted octanol–water partition coefficient (Wildman–Crippen LogP) is 2.38. The molecule has 0 N–H and O–H groups in total. The van der Waals surface area contributed by atoms with Crippen LogP contribution in [-0.4, -0.2) is 42.9 Å². The minimum Gasteiger partial charge on any atom is -0.497 e. The molecule has 0 bridgehead atoms. The van der Waals surface area contributed by atoms with Crippen molar-refractivity contribution < 1.29 is 23.9 Å². The van der Waals surface area contributed by atoms with E-state index in [-0.39, 0.29) is 11.8 Å². The van der Waals surface area contributed by atoms with Crippen molar-refractivity contribution in [3.05, 3.63) is 65.9 Å². The molecule has 7 heteroatoms. The van der Waals surface area contributed by atoms with Gasteiger partial charge >= 0.3 is 5.97 Å². The van der Waals surface area contributed by atoms with Gasteiger partial charge in [-0.3, -0.25) is 9.59 Å². The molecule has 3 heterocycles. The van der Waals surface area contributed by atoms with Crippen LogP contribution in [0.2, 0.25) is 0 Å². The Kier molecular flexibility index (Phi) is 4.13. The Morgan fingerprint density at radius 1 is 0.933 bits per heavy atom. The molecule has 0 radical (unpaired) electrons. The van der Waals surface area contributed by atoms with Gasteiger partial charge in [0.25, 0.3) is 0 Å². The highest BCUT2D eigenvalue weighted by molar-refractivity contribution is 6.23. The minimum absolute atomic E-state index is 0.304. The molecule has 7 nitrogen and oxygen atoms in total. The van der Waals surface area contributed by atoms with Gasteiger partial charge in [0, 0.05) is 6.20 Å². The van der Waals surface area contributed by atoms with Crippen LogP contribution in [0.3, 0.4) is 0 Å². The van der Waals surface area contributed by atoms with Gasteiger partial charge in [0.2, 0.25) is 11.8 Å². The first kappa shape index (κ1) is 18.4. The molecule has 30 heavy (non-hydrogen) atoms. The molecule has 2 aromatic rings. The van der Waals surface area contributed by atoms with E-state index in [1.54, 1.807) is 37.6 Å². The lowest BCUT2D eigenvalue weighted by Gasteiger charge is -2.34. The van der Waals surface area contributed by atoms with Crippen molar-refractivity contribution in [3.63, 3.8) is 0 Å². The molecule has 0 spiro atoms. The average Bonchev–Trinajstić information content (AvgIpc) is 3.26. The van der Waals surface area contributed by atoms with Crippen LogP contribution in [0, 0.1) is 11.8 Å². The number of nitrogens with zero attached hydrogens (tertiary/aromatic N) is 2. The van der Waals surface area contributed by atoms with Crippen molar-refractivity contribution in [1.82, 2.24) is 4.90 Å². The highest BCUT2D eigenvalue weighted by atomic mass is 16.5. The van der Waals surface area contributed by atoms with Gasteiger partial charge in [0.05, 0.1) is 37.8 Å². The number of imide groups is 1. The molecule has 0 saturated carbocycles. The number of methoxy groups -OCH3 is 2. The molecule has 0 aromatic heterocycles. The molecule has 2 fully saturated rings. The SMILES string of the molecule is COC(=O)[C@@H]1[C@@H]2C(=O)N(c3ccc(OC)cc3)C(=O)[C@H]2[C@@H]2c3ccccc3C=CN12. The highest BCUT2D eigenvalue weighted by Gasteiger charge is 2.65. The number of carbonyl (C=O) groups excluding carboxylic acids is 3. The summed E-state index contributed by atoms with van der Waals surface area (Å²) >= 11 is 0. The van der Waals surface area contributed by atoms with Crippen LogP contribution >= 0.6 is 0 Å². The normalized spacial score (nSPS) is 26.3. The molecule has 3 aliphatic heterocycles. The molecule has 2 saturated heterocycles. The third kappa shape index (κ3) is 2.41. The fourth-order valence-corrected chi connectivity index (χ4v) is 4.93. The summed E-state index contributed by atoms with van der Waals surface area (Å²) in [6.45, 7) is 0. The second kappa shape index (κ2) is 6.73. The van der Waals surface area contributed by atoms with Crippen LogP contribution in [0.25, 0.3) is 6.08 Å². The van der Waals surface area contributed by atoms with E-state index in [0.717, 1.165) is 11.1 Å². The lowest BCUT2D eigenvalue weighted by atomic mass is 9.84. The van der Waals surface area contributed by atoms with E-state index < -0.39 is 29.9 Å². The van der Waals surface area contributed by atoms with E-state index in [1.807, 2.05) is 35.2 Å². The van der Waals surface area contributed by atoms with Gasteiger partial charge in [-0.15, -0.1) is 0 Å². The van der Waals surface area contributed by atoms with E-state index in [0.29, 0.717) is 11.4 Å². The maximum atomic E-state index is 13.5. The summed E-state index contributed by atoms with van der Waals surface area (Å²) in [6.07, 6.45) is 3.70. The zero-order chi connectivity index (χ0) is 21.0. The lowest BCUT2D eigenvalue weighted by molar-refractivity contribution is -0.148. The largest absolute Gasteiger partial charge is 0.497 e. The molecule has 3 aliphatic rings. The third-order valence-corrected chi connectivity index (χ3v) is 6.23. The number of ether oxygens (including phenoxy) is 2. The summed E-state index contributed by atoms with van der Waals surface area (Å²) in [5, 5.41) is 0. The maximum Gasteiger partial charge on any atom is 0.329 e. The number of amides is 2. The number of hydrogen-bond acceptors (Lipinski definition) is 6. The Hall–Kier alpha value is -3.61. The van der Waals surface area contributed by atoms with Crippen LogP contribution in [0.5, 0.6) is 5.75 Å². The summed E-state index contributed by atoms with van der Waals surface area (Å²) in [7, 11) is 2.85. The van der Waals surface area contributed by atoms with Crippen LogP contribution in [0.4, 0.5) is 5.69 Å². The van der Waals surface area contributed by atoms with E-state index in [1.165, 1.54) is 12.0 Å². The quantitative estimate of drug-likeness (QED) is 0.578. The van der Waals surface area contributed by atoms with E-state index in [4.69, 9.17) is 9.47 Å². The molecule has 2 amide bonds. The van der Waals surface area contributed by atoms with Crippen LogP contribution < -0.4 is 9.64 Å². The average molecular weight is 404 g/mol. The fourth-order valence-electron chi connectivity index (χ4n) is 4.93. The number of anilines is 1. The Labute approximate surface area is 173 Å². The van der Waals surface area contributed by atoms with Gasteiger partial charge in [-0.1, -0.05) is 24.3 Å². The number of esters is 1. The Bertz CT molecular complexity index is 1080. The minimum atomic E-state index is -0.852. The van der Waals surface area contributed by atoms with Crippen molar-refractivity contribution in [2.75, 3.05) is 19.1 Å². The van der Waals surface area contributed by atoms with E-state index in [9.17, 15) is 14.4 Å². The van der Waals surface area contributed by atoms with Crippen molar-refractivity contribution >= 4 is 29.5 Å². The summed E-state index contributed by atoms with van der Waals surface area (Å²) in [4.78, 5) is 42.7. The lowest BCUT2D eigenvalue weighted by Crippen LogP contribution is -2.44. The standard InChI is InChI=1S/C23H20N2O5/c1-29-15-9-7-14(8-10-15)25-21(26)17-18(22(25)27)20(23(28)30-2)24-12-11-13-5-3-4-6-16(13)19(17)24/h3-12,17-20H,1-2H3/t17-,18-,19+,20+/m1/s1. The van der Waals surface area contributed by atoms with Crippen LogP contribution in [0.1, 0.15) is 17.2 Å². The van der Waals surface area contributed by atoms with E-state index >= 15 is 0 Å². The molecule has 0 unspecified atom stereocenters. The molecule has 2 aromatic carbocycles. The molecular weight excluding hydrogens is 384 g/mol. The smallest absolute Gasteiger partial charge is 0.329 e. The first-order chi connectivity index (χ1) is 14.6. The molecule has 0 aliphatic carbocycles. The van der Waals surface area contributed by atoms with Crippen molar-refractivity contribution in [3.8, 4) is 5.75 Å². The van der Waals surface area contributed by atoms with Gasteiger partial charge < -0.3 is 14.4 Å². The van der Waals surface area contributed by atoms with Crippen molar-refractivity contribution in [2.24, 2.45) is 11.8 Å². The molecule has 152 valence electrons. The number of fused-ring (bicyclic) bond motifs is 5. The fraction of sp³-hybridized carbons (Fsp3) is 0.261. The Morgan fingerprint density at radius 3 is 2.33 bits per heavy atom. The second-order valence-electron chi connectivity index (χ2n) is 7.57. The van der Waals surface area contributed by atoms with Gasteiger partial charge in [-0.2, -0.15) is 0 Å². The van der Waals surface area contributed by atoms with Gasteiger partial charge in [-0.25, -0.2) is 9.69 Å². The summed E-state index contributed by atoms with van der Waals surface area (Å²) in [5.74, 6) is -2.06. The number of rotatable bonds is 3. The first-order valence-corrected chi connectivity index (χ1v) is 9.71. The van der Waals surface area contributed by atoms with Gasteiger partial charge in [0.15, 0.2) is 0 Å². The van der Waals surface area contributed by atoms with Crippen LogP contribution in [0.15, 0.2) is 54.7 Å². The van der Waals surface area contributed by atoms with Crippen LogP contribution in [-0.2, 0) is 19.1 Å². The van der Waals surface area contributed by atoms with Gasteiger partial charge in [0.1, 0.15) is 11.8 Å². The van der Waals surface area contributed by atoms with Crippen molar-refractivity contribution in [1.29, 1.82) is 0 Å². The molecular formula is C23H20N2O5. The summed E-state index contributed by atoms with van der Waals surface area (Å²) in [6, 6.07) is 13.2. The number of carbonyl (C=O) groups is 3. The zero-order valence-electron chi connectivity index (χ0n) is 16.5. The first-order valence-electron chi connectivity index (χ1n) is 9.71. The zero-order valence-corrected chi connectivity index (χ0v) is 16.5. The van der Waals surface area contributed by atoms with Gasteiger partial charge in [-0.05, 0) is 41.5 Å². The van der Waals surface area contributed by atoms with E-state index in [2.05, 4.69) is 0 Å². The monoisotopic (exact) mass is 404 g/mol. The van der Waals surface area contributed by atoms with Crippen molar-refractivity contribution in [2.45, 2.75) is 12.1 Å². The predicted molar refractivity (Wildman–Crippen MR) is 108 cm³/mol. The maximum absolute atomic E-state index is 13.5. The second-order valence-corrected chi connectivity index (χ2v) is 7.57. The Balaban J connectivity index is 1.62. The Morgan fingerprint density at radius 2 is 1.63 bits per heavy atom. The summed E-state index contributed by atoms with van der Waals surface area (Å²) in [5.41, 5.74) is 2.38. The number of benzene rings is 2. The summed E-state index contributed by atoms with van der Waals surface area (Å²) < 4.78 is 10.2. The highest BCUT2D eigenvalue weighted by Crippen LogP contribution is 2.53. The number of hydrogen-bond donors (Lipinski definition) is 0. The topological polar surface area (TPSA) is 76.1 Å². The third-order valence-electron chi connectivity index (χ3n) is 6.23. The molecule has 4 atom stereocenters. The molecule has 5 rings (SSSR count).